The van der Waals surface area contributed by atoms with Crippen molar-refractivity contribution in [2.45, 2.75) is 0 Å². The lowest BCUT2D eigenvalue weighted by atomic mass is 10.3. The Kier molecular flexibility index (Phi) is 6.06. The smallest absolute Gasteiger partial charge is 0.319 e. The number of anilines is 2. The van der Waals surface area contributed by atoms with Crippen molar-refractivity contribution >= 4 is 29.1 Å². The fourth-order valence-corrected chi connectivity index (χ4v) is 2.52. The maximum atomic E-state index is 11.9. The Morgan fingerprint density at radius 2 is 2.15 bits per heavy atom. The molecule has 3 rings (SSSR count). The Morgan fingerprint density at radius 3 is 2.89 bits per heavy atom. The molecular weight excluding hydrogens is 370 g/mol. The number of ether oxygens (including phenoxy) is 1. The van der Waals surface area contributed by atoms with Gasteiger partial charge < -0.3 is 20.7 Å². The first-order valence-corrected chi connectivity index (χ1v) is 8.48. The summed E-state index contributed by atoms with van der Waals surface area (Å²) in [6.45, 7) is 0.892. The molecule has 0 saturated carbocycles. The minimum absolute atomic E-state index is 0.335. The van der Waals surface area contributed by atoms with Crippen molar-refractivity contribution in [3.05, 3.63) is 54.1 Å². The van der Waals surface area contributed by atoms with Gasteiger partial charge in [-0.25, -0.2) is 19.4 Å². The van der Waals surface area contributed by atoms with Crippen LogP contribution in [0.15, 0.2) is 49.1 Å². The molecule has 2 aromatic heterocycles. The third-order valence-corrected chi connectivity index (χ3v) is 3.81. The number of carbonyl (C=O) groups is 1. The monoisotopic (exact) mass is 387 g/mol. The van der Waals surface area contributed by atoms with Gasteiger partial charge in [-0.2, -0.15) is 5.10 Å². The van der Waals surface area contributed by atoms with Crippen LogP contribution in [0.1, 0.15) is 0 Å². The third kappa shape index (κ3) is 5.08. The molecule has 0 unspecified atom stereocenters. The van der Waals surface area contributed by atoms with Gasteiger partial charge in [0.05, 0.1) is 12.1 Å². The minimum atomic E-state index is -0.335. The van der Waals surface area contributed by atoms with Crippen LogP contribution in [-0.2, 0) is 0 Å². The predicted molar refractivity (Wildman–Crippen MR) is 103 cm³/mol. The molecule has 0 bridgehead atoms. The number of carbonyl (C=O) groups excluding carboxylic acids is 1. The SMILES string of the molecule is COc1ccc(NC(=O)NCCNc2cc(-n3cccn3)ncn2)cc1Cl. The highest BCUT2D eigenvalue weighted by Gasteiger charge is 2.05. The van der Waals surface area contributed by atoms with Gasteiger partial charge in [-0.1, -0.05) is 11.6 Å². The number of urea groups is 1. The van der Waals surface area contributed by atoms with Crippen molar-refractivity contribution in [3.63, 3.8) is 0 Å². The zero-order valence-electron chi connectivity index (χ0n) is 14.5. The first-order chi connectivity index (χ1) is 13.2. The number of rotatable bonds is 7. The molecule has 2 amide bonds. The number of hydrogen-bond acceptors (Lipinski definition) is 6. The van der Waals surface area contributed by atoms with E-state index in [0.717, 1.165) is 0 Å². The van der Waals surface area contributed by atoms with Gasteiger partial charge in [0.2, 0.25) is 0 Å². The largest absolute Gasteiger partial charge is 0.495 e. The summed E-state index contributed by atoms with van der Waals surface area (Å²) in [4.78, 5) is 20.2. The van der Waals surface area contributed by atoms with E-state index in [-0.39, 0.29) is 6.03 Å². The molecule has 3 aromatic rings. The third-order valence-electron chi connectivity index (χ3n) is 3.52. The quantitative estimate of drug-likeness (QED) is 0.538. The van der Waals surface area contributed by atoms with Gasteiger partial charge in [0, 0.05) is 37.2 Å². The highest BCUT2D eigenvalue weighted by molar-refractivity contribution is 6.32. The molecule has 0 spiro atoms. The van der Waals surface area contributed by atoms with Gasteiger partial charge in [-0.15, -0.1) is 0 Å². The molecule has 140 valence electrons. The van der Waals surface area contributed by atoms with E-state index >= 15 is 0 Å². The van der Waals surface area contributed by atoms with Crippen molar-refractivity contribution in [2.75, 3.05) is 30.8 Å². The maximum absolute atomic E-state index is 11.9. The average Bonchev–Trinajstić information content (AvgIpc) is 3.21. The molecule has 3 N–H and O–H groups in total. The summed E-state index contributed by atoms with van der Waals surface area (Å²) in [6.07, 6.45) is 4.92. The molecule has 0 saturated heterocycles. The summed E-state index contributed by atoms with van der Waals surface area (Å²) in [5.74, 6) is 1.84. The second-order valence-electron chi connectivity index (χ2n) is 5.37. The normalized spacial score (nSPS) is 10.3. The van der Waals surface area contributed by atoms with E-state index in [0.29, 0.717) is 41.2 Å². The first-order valence-electron chi connectivity index (χ1n) is 8.10. The van der Waals surface area contributed by atoms with Gasteiger partial charge in [0.25, 0.3) is 0 Å². The highest BCUT2D eigenvalue weighted by atomic mass is 35.5. The van der Waals surface area contributed by atoms with Crippen LogP contribution >= 0.6 is 11.6 Å². The molecule has 0 aliphatic carbocycles. The van der Waals surface area contributed by atoms with Crippen LogP contribution in [0, 0.1) is 0 Å². The van der Waals surface area contributed by atoms with Gasteiger partial charge in [0.15, 0.2) is 5.82 Å². The number of benzene rings is 1. The fraction of sp³-hybridized carbons (Fsp3) is 0.176. The molecule has 10 heteroatoms. The molecule has 2 heterocycles. The predicted octanol–water partition coefficient (Wildman–Crippen LogP) is 2.56. The van der Waals surface area contributed by atoms with Crippen LogP contribution in [0.5, 0.6) is 5.75 Å². The minimum Gasteiger partial charge on any atom is -0.495 e. The molecule has 0 aliphatic rings. The van der Waals surface area contributed by atoms with Crippen LogP contribution < -0.4 is 20.7 Å². The summed E-state index contributed by atoms with van der Waals surface area (Å²) in [5, 5.41) is 13.1. The molecular formula is C17H18ClN7O2. The number of nitrogens with zero attached hydrogens (tertiary/aromatic N) is 4. The lowest BCUT2D eigenvalue weighted by Crippen LogP contribution is -2.32. The Morgan fingerprint density at radius 1 is 1.26 bits per heavy atom. The number of amides is 2. The van der Waals surface area contributed by atoms with Gasteiger partial charge in [0.1, 0.15) is 17.9 Å². The van der Waals surface area contributed by atoms with E-state index in [1.165, 1.54) is 13.4 Å². The van der Waals surface area contributed by atoms with E-state index in [4.69, 9.17) is 16.3 Å². The zero-order valence-corrected chi connectivity index (χ0v) is 15.3. The molecule has 0 aliphatic heterocycles. The van der Waals surface area contributed by atoms with Crippen molar-refractivity contribution in [1.82, 2.24) is 25.1 Å². The number of halogens is 1. The molecule has 0 radical (unpaired) electrons. The summed E-state index contributed by atoms with van der Waals surface area (Å²) < 4.78 is 6.71. The second kappa shape index (κ2) is 8.86. The van der Waals surface area contributed by atoms with Crippen molar-refractivity contribution in [3.8, 4) is 11.6 Å². The van der Waals surface area contributed by atoms with Crippen molar-refractivity contribution in [2.24, 2.45) is 0 Å². The van der Waals surface area contributed by atoms with Crippen LogP contribution in [0.2, 0.25) is 5.02 Å². The van der Waals surface area contributed by atoms with E-state index < -0.39 is 0 Å². The van der Waals surface area contributed by atoms with E-state index in [1.807, 2.05) is 6.07 Å². The molecule has 27 heavy (non-hydrogen) atoms. The van der Waals surface area contributed by atoms with Gasteiger partial charge in [-0.3, -0.25) is 0 Å². The maximum Gasteiger partial charge on any atom is 0.319 e. The van der Waals surface area contributed by atoms with Crippen LogP contribution in [-0.4, -0.2) is 46.0 Å². The van der Waals surface area contributed by atoms with Crippen molar-refractivity contribution in [1.29, 1.82) is 0 Å². The Balaban J connectivity index is 1.44. The Hall–Kier alpha value is -3.33. The van der Waals surface area contributed by atoms with E-state index in [9.17, 15) is 4.79 Å². The fourth-order valence-electron chi connectivity index (χ4n) is 2.26. The summed E-state index contributed by atoms with van der Waals surface area (Å²) in [6, 6.07) is 8.26. The molecule has 0 fully saturated rings. The van der Waals surface area contributed by atoms with E-state index in [1.54, 1.807) is 41.3 Å². The lowest BCUT2D eigenvalue weighted by Gasteiger charge is -2.10. The second-order valence-corrected chi connectivity index (χ2v) is 5.78. The van der Waals surface area contributed by atoms with E-state index in [2.05, 4.69) is 31.0 Å². The van der Waals surface area contributed by atoms with Gasteiger partial charge in [-0.05, 0) is 24.3 Å². The standard InChI is InChI=1S/C17H18ClN7O2/c1-27-14-4-3-12(9-13(14)18)24-17(26)20-7-6-19-15-10-16(22-11-21-15)25-8-2-5-23-25/h2-5,8-11H,6-7H2,1H3,(H,19,21,22)(H2,20,24,26). The van der Waals surface area contributed by atoms with Crippen LogP contribution in [0.3, 0.4) is 0 Å². The average molecular weight is 388 g/mol. The topological polar surface area (TPSA) is 106 Å². The van der Waals surface area contributed by atoms with Crippen LogP contribution in [0.4, 0.5) is 16.3 Å². The first kappa shape index (κ1) is 18.5. The Labute approximate surface area is 160 Å². The number of hydrogen-bond donors (Lipinski definition) is 3. The molecule has 0 atom stereocenters. The molecule has 9 nitrogen and oxygen atoms in total. The summed E-state index contributed by atoms with van der Waals surface area (Å²) in [5.41, 5.74) is 0.575. The van der Waals surface area contributed by atoms with Crippen molar-refractivity contribution < 1.29 is 9.53 Å². The zero-order chi connectivity index (χ0) is 19.1. The highest BCUT2D eigenvalue weighted by Crippen LogP contribution is 2.27. The number of aromatic nitrogens is 4. The van der Waals surface area contributed by atoms with Crippen LogP contribution in [0.25, 0.3) is 5.82 Å². The van der Waals surface area contributed by atoms with Gasteiger partial charge >= 0.3 is 6.03 Å². The molecule has 1 aromatic carbocycles. The summed E-state index contributed by atoms with van der Waals surface area (Å²) >= 11 is 6.03. The lowest BCUT2D eigenvalue weighted by molar-refractivity contribution is 0.252. The number of nitrogens with one attached hydrogen (secondary N) is 3. The Bertz CT molecular complexity index is 902. The summed E-state index contributed by atoms with van der Waals surface area (Å²) in [7, 11) is 1.53. The number of methoxy groups -OCH3 is 1.